The number of halogens is 1. The summed E-state index contributed by atoms with van der Waals surface area (Å²) in [5.41, 5.74) is 0. The van der Waals surface area contributed by atoms with Gasteiger partial charge in [-0.3, -0.25) is 9.59 Å². The largest absolute Gasteiger partial charge is 0.481 e. The van der Waals surface area contributed by atoms with Crippen LogP contribution >= 0.6 is 0 Å². The molecule has 0 saturated heterocycles. The van der Waals surface area contributed by atoms with E-state index in [9.17, 15) is 22.4 Å². The van der Waals surface area contributed by atoms with Gasteiger partial charge in [-0.1, -0.05) is 6.07 Å². The average molecular weight is 305 g/mol. The van der Waals surface area contributed by atoms with Crippen LogP contribution in [0.25, 0.3) is 0 Å². The maximum Gasteiger partial charge on any atom is 0.321 e. The van der Waals surface area contributed by atoms with Gasteiger partial charge in [0.25, 0.3) is 0 Å². The van der Waals surface area contributed by atoms with E-state index in [0.717, 1.165) is 24.3 Å². The molecule has 110 valence electrons. The second kappa shape index (κ2) is 6.44. The van der Waals surface area contributed by atoms with Crippen LogP contribution in [0, 0.1) is 5.82 Å². The molecule has 20 heavy (non-hydrogen) atoms. The van der Waals surface area contributed by atoms with Gasteiger partial charge < -0.3 is 10.2 Å². The first kappa shape index (κ1) is 16.1. The molecule has 0 saturated carbocycles. The van der Waals surface area contributed by atoms with Crippen LogP contribution in [0.15, 0.2) is 29.2 Å². The highest BCUT2D eigenvalue weighted by atomic mass is 32.2. The van der Waals surface area contributed by atoms with Crippen molar-refractivity contribution >= 4 is 22.0 Å². The fourth-order valence-corrected chi connectivity index (χ4v) is 2.64. The van der Waals surface area contributed by atoms with Gasteiger partial charge in [-0.05, 0) is 24.6 Å². The number of carboxylic acids is 2. The summed E-state index contributed by atoms with van der Waals surface area (Å²) in [6.07, 6.45) is -0.929. The minimum atomic E-state index is -4.24. The van der Waals surface area contributed by atoms with Gasteiger partial charge in [-0.25, -0.2) is 12.8 Å². The van der Waals surface area contributed by atoms with Crippen LogP contribution in [-0.4, -0.2) is 36.6 Å². The fourth-order valence-electron chi connectivity index (χ4n) is 1.39. The minimum Gasteiger partial charge on any atom is -0.481 e. The third-order valence-corrected chi connectivity index (χ3v) is 3.82. The smallest absolute Gasteiger partial charge is 0.321 e. The molecule has 9 heteroatoms. The van der Waals surface area contributed by atoms with Gasteiger partial charge in [0, 0.05) is 6.42 Å². The molecule has 0 amide bonds. The average Bonchev–Trinajstić information content (AvgIpc) is 2.34. The fraction of sp³-hybridized carbons (Fsp3) is 0.273. The SMILES string of the molecule is O=C(O)CC[C@H](NS(=O)(=O)c1cccc(F)c1)C(=O)O. The summed E-state index contributed by atoms with van der Waals surface area (Å²) in [4.78, 5) is 20.8. The lowest BCUT2D eigenvalue weighted by Crippen LogP contribution is -2.41. The van der Waals surface area contributed by atoms with Gasteiger partial charge in [0.15, 0.2) is 0 Å². The first-order valence-electron chi connectivity index (χ1n) is 5.45. The molecule has 0 fully saturated rings. The van der Waals surface area contributed by atoms with Crippen molar-refractivity contribution in [1.29, 1.82) is 0 Å². The summed E-state index contributed by atoms with van der Waals surface area (Å²) >= 11 is 0. The van der Waals surface area contributed by atoms with Crippen LogP contribution in [0.3, 0.4) is 0 Å². The molecule has 0 unspecified atom stereocenters. The normalized spacial score (nSPS) is 12.8. The predicted octanol–water partition coefficient (Wildman–Crippen LogP) is 0.422. The standard InChI is InChI=1S/C11H12FNO6S/c12-7-2-1-3-8(6-7)20(18,19)13-9(11(16)17)4-5-10(14)15/h1-3,6,9,13H,4-5H2,(H,14,15)(H,16,17)/t9-/m0/s1. The Morgan fingerprint density at radius 3 is 2.45 bits per heavy atom. The zero-order chi connectivity index (χ0) is 15.3. The van der Waals surface area contributed by atoms with Crippen molar-refractivity contribution in [3.05, 3.63) is 30.1 Å². The molecule has 0 heterocycles. The summed E-state index contributed by atoms with van der Waals surface area (Å²) < 4.78 is 38.5. The van der Waals surface area contributed by atoms with Gasteiger partial charge in [0.1, 0.15) is 11.9 Å². The quantitative estimate of drug-likeness (QED) is 0.671. The van der Waals surface area contributed by atoms with Crippen LogP contribution in [0.1, 0.15) is 12.8 Å². The molecule has 1 aromatic carbocycles. The number of hydrogen-bond acceptors (Lipinski definition) is 4. The summed E-state index contributed by atoms with van der Waals surface area (Å²) in [6.45, 7) is 0. The zero-order valence-electron chi connectivity index (χ0n) is 10.1. The van der Waals surface area contributed by atoms with E-state index in [1.165, 1.54) is 0 Å². The number of benzene rings is 1. The molecule has 1 rings (SSSR count). The second-order valence-corrected chi connectivity index (χ2v) is 5.62. The van der Waals surface area contributed by atoms with Crippen molar-refractivity contribution in [3.8, 4) is 0 Å². The molecule has 1 aromatic rings. The Morgan fingerprint density at radius 1 is 1.30 bits per heavy atom. The van der Waals surface area contributed by atoms with E-state index in [0.29, 0.717) is 0 Å². The van der Waals surface area contributed by atoms with Gasteiger partial charge >= 0.3 is 11.9 Å². The minimum absolute atomic E-state index is 0.417. The van der Waals surface area contributed by atoms with Crippen molar-refractivity contribution in [2.45, 2.75) is 23.8 Å². The molecule has 0 spiro atoms. The predicted molar refractivity (Wildman–Crippen MR) is 65.0 cm³/mol. The van der Waals surface area contributed by atoms with Crippen molar-refractivity contribution in [2.24, 2.45) is 0 Å². The topological polar surface area (TPSA) is 121 Å². The number of carboxylic acid groups (broad SMARTS) is 2. The Morgan fingerprint density at radius 2 is 1.95 bits per heavy atom. The Kier molecular flexibility index (Phi) is 5.17. The number of carbonyl (C=O) groups is 2. The summed E-state index contributed by atoms with van der Waals surface area (Å²) in [5.74, 6) is -3.54. The number of nitrogens with one attached hydrogen (secondary N) is 1. The molecule has 0 aliphatic carbocycles. The van der Waals surface area contributed by atoms with E-state index < -0.39 is 51.6 Å². The summed E-state index contributed by atoms with van der Waals surface area (Å²) in [6, 6.07) is 2.44. The van der Waals surface area contributed by atoms with Crippen LogP contribution in [-0.2, 0) is 19.6 Å². The number of rotatable bonds is 7. The Balaban J connectivity index is 2.91. The lowest BCUT2D eigenvalue weighted by molar-refractivity contribution is -0.140. The maximum atomic E-state index is 13.0. The van der Waals surface area contributed by atoms with Crippen molar-refractivity contribution in [1.82, 2.24) is 4.72 Å². The first-order chi connectivity index (χ1) is 9.22. The Bertz CT molecular complexity index is 615. The van der Waals surface area contributed by atoms with Crippen molar-refractivity contribution < 1.29 is 32.6 Å². The number of aliphatic carboxylic acids is 2. The summed E-state index contributed by atoms with van der Waals surface area (Å²) in [7, 11) is -4.24. The second-order valence-electron chi connectivity index (χ2n) is 3.90. The molecule has 3 N–H and O–H groups in total. The molecule has 0 bridgehead atoms. The Hall–Kier alpha value is -2.00. The Labute approximate surface area is 114 Å². The van der Waals surface area contributed by atoms with E-state index >= 15 is 0 Å². The van der Waals surface area contributed by atoms with E-state index in [2.05, 4.69) is 0 Å². The highest BCUT2D eigenvalue weighted by molar-refractivity contribution is 7.89. The third-order valence-electron chi connectivity index (χ3n) is 2.35. The van der Waals surface area contributed by atoms with Gasteiger partial charge in [0.2, 0.25) is 10.0 Å². The van der Waals surface area contributed by atoms with Crippen molar-refractivity contribution in [2.75, 3.05) is 0 Å². The molecule has 1 atom stereocenters. The third kappa shape index (κ3) is 4.59. The highest BCUT2D eigenvalue weighted by Crippen LogP contribution is 2.12. The maximum absolute atomic E-state index is 13.0. The number of sulfonamides is 1. The molecule has 0 aliphatic heterocycles. The van der Waals surface area contributed by atoms with E-state index in [4.69, 9.17) is 10.2 Å². The lowest BCUT2D eigenvalue weighted by atomic mass is 10.2. The van der Waals surface area contributed by atoms with Crippen LogP contribution in [0.5, 0.6) is 0 Å². The zero-order valence-corrected chi connectivity index (χ0v) is 10.9. The molecule has 0 aliphatic rings. The van der Waals surface area contributed by atoms with Crippen molar-refractivity contribution in [3.63, 3.8) is 0 Å². The molecule has 7 nitrogen and oxygen atoms in total. The highest BCUT2D eigenvalue weighted by Gasteiger charge is 2.26. The van der Waals surface area contributed by atoms with Gasteiger partial charge in [-0.2, -0.15) is 4.72 Å². The van der Waals surface area contributed by atoms with Crippen LogP contribution < -0.4 is 4.72 Å². The molecule has 0 radical (unpaired) electrons. The van der Waals surface area contributed by atoms with Gasteiger partial charge in [-0.15, -0.1) is 0 Å². The molecule has 0 aromatic heterocycles. The van der Waals surface area contributed by atoms with E-state index in [-0.39, 0.29) is 0 Å². The van der Waals surface area contributed by atoms with Crippen LogP contribution in [0.2, 0.25) is 0 Å². The lowest BCUT2D eigenvalue weighted by Gasteiger charge is -2.13. The molecular formula is C11H12FNO6S. The van der Waals surface area contributed by atoms with Crippen LogP contribution in [0.4, 0.5) is 4.39 Å². The number of hydrogen-bond donors (Lipinski definition) is 3. The van der Waals surface area contributed by atoms with E-state index in [1.54, 1.807) is 0 Å². The molecular weight excluding hydrogens is 293 g/mol. The van der Waals surface area contributed by atoms with Gasteiger partial charge in [0.05, 0.1) is 4.90 Å². The first-order valence-corrected chi connectivity index (χ1v) is 6.93. The monoisotopic (exact) mass is 305 g/mol. The van der Waals surface area contributed by atoms with E-state index in [1.807, 2.05) is 4.72 Å². The summed E-state index contributed by atoms with van der Waals surface area (Å²) in [5, 5.41) is 17.3.